The van der Waals surface area contributed by atoms with Gasteiger partial charge >= 0.3 is 0 Å². The van der Waals surface area contributed by atoms with Gasteiger partial charge < -0.3 is 24.8 Å². The van der Waals surface area contributed by atoms with Crippen molar-refractivity contribution < 1.29 is 13.9 Å². The van der Waals surface area contributed by atoms with Crippen LogP contribution in [0.5, 0.6) is 5.75 Å². The van der Waals surface area contributed by atoms with Crippen LogP contribution < -0.4 is 15.4 Å². The third-order valence-corrected chi connectivity index (χ3v) is 7.38. The number of nitrogens with one attached hydrogen (secondary N) is 2. The number of hydrogen-bond donors (Lipinski definition) is 2. The summed E-state index contributed by atoms with van der Waals surface area (Å²) in [6.45, 7) is 4.50. The lowest BCUT2D eigenvalue weighted by atomic mass is 9.96. The number of thiocarbonyl (C=S) groups is 1. The monoisotopic (exact) mass is 543 g/mol. The molecule has 0 spiro atoms. The number of methoxy groups -OCH3 is 1. The summed E-state index contributed by atoms with van der Waals surface area (Å²) in [4.78, 5) is 19.4. The first-order chi connectivity index (χ1) is 18.9. The lowest BCUT2D eigenvalue weighted by Crippen LogP contribution is -2.33. The Hall–Kier alpha value is -4.24. The van der Waals surface area contributed by atoms with E-state index in [9.17, 15) is 9.18 Å². The number of halogens is 1. The molecule has 2 aromatic carbocycles. The van der Waals surface area contributed by atoms with Crippen LogP contribution in [-0.2, 0) is 4.79 Å². The summed E-state index contributed by atoms with van der Waals surface area (Å²) in [6.07, 6.45) is 1.90. The molecule has 4 aromatic rings. The standard InChI is InChI=1S/C30H30FN5O2S/c1-19-17-23(20(2)36(19)21-9-8-10-22(18-21)38-3)29-28(26-13-6-7-15-32-26)34-30(39)35(29)16-14-27(37)33-25-12-5-4-11-24(25)31/h4-13,15,17-18,28-29H,14,16H2,1-3H3,(H,33,37)(H,34,39)/t28-,29+/m1/s1. The van der Waals surface area contributed by atoms with E-state index in [1.54, 1.807) is 31.5 Å². The van der Waals surface area contributed by atoms with Crippen LogP contribution >= 0.6 is 12.2 Å². The zero-order valence-electron chi connectivity index (χ0n) is 22.0. The van der Waals surface area contributed by atoms with Gasteiger partial charge in [-0.1, -0.05) is 24.3 Å². The summed E-state index contributed by atoms with van der Waals surface area (Å²) in [7, 11) is 1.66. The molecule has 1 fully saturated rings. The predicted octanol–water partition coefficient (Wildman–Crippen LogP) is 5.64. The molecule has 2 N–H and O–H groups in total. The molecule has 1 amide bonds. The van der Waals surface area contributed by atoms with Crippen LogP contribution in [0.15, 0.2) is 79.0 Å². The molecule has 2 aromatic heterocycles. The van der Waals surface area contributed by atoms with Crippen LogP contribution in [0.1, 0.15) is 41.1 Å². The van der Waals surface area contributed by atoms with Gasteiger partial charge in [0.1, 0.15) is 11.6 Å². The van der Waals surface area contributed by atoms with Gasteiger partial charge in [0, 0.05) is 42.3 Å². The number of aryl methyl sites for hydroxylation is 1. The molecule has 3 heterocycles. The summed E-state index contributed by atoms with van der Waals surface area (Å²) >= 11 is 5.78. The zero-order valence-corrected chi connectivity index (χ0v) is 22.8. The van der Waals surface area contributed by atoms with Gasteiger partial charge in [0.15, 0.2) is 5.11 Å². The van der Waals surface area contributed by atoms with Gasteiger partial charge in [-0.15, -0.1) is 0 Å². The lowest BCUT2D eigenvalue weighted by molar-refractivity contribution is -0.116. The van der Waals surface area contributed by atoms with Crippen molar-refractivity contribution in [2.45, 2.75) is 32.4 Å². The molecule has 1 saturated heterocycles. The Morgan fingerprint density at radius 3 is 2.64 bits per heavy atom. The minimum atomic E-state index is -0.470. The molecule has 0 aliphatic carbocycles. The van der Waals surface area contributed by atoms with Crippen LogP contribution in [-0.4, -0.2) is 39.1 Å². The highest BCUT2D eigenvalue weighted by atomic mass is 32.1. The molecule has 5 rings (SSSR count). The van der Waals surface area contributed by atoms with E-state index in [1.807, 2.05) is 47.4 Å². The highest BCUT2D eigenvalue weighted by Crippen LogP contribution is 2.41. The maximum Gasteiger partial charge on any atom is 0.226 e. The fraction of sp³-hybridized carbons (Fsp3) is 0.233. The number of rotatable bonds is 8. The Morgan fingerprint density at radius 1 is 1.10 bits per heavy atom. The first-order valence-electron chi connectivity index (χ1n) is 12.7. The third kappa shape index (κ3) is 5.35. The molecule has 1 aliphatic heterocycles. The van der Waals surface area contributed by atoms with Gasteiger partial charge in [-0.05, 0) is 74.1 Å². The van der Waals surface area contributed by atoms with Crippen molar-refractivity contribution >= 4 is 28.9 Å². The van der Waals surface area contributed by atoms with E-state index in [1.165, 1.54) is 6.07 Å². The Labute approximate surface area is 232 Å². The fourth-order valence-corrected chi connectivity index (χ4v) is 5.55. The van der Waals surface area contributed by atoms with Crippen molar-refractivity contribution in [2.24, 2.45) is 0 Å². The largest absolute Gasteiger partial charge is 0.497 e. The molecular formula is C30H30FN5O2S. The SMILES string of the molecule is COc1cccc(-n2c(C)cc([C@H]3[C@@H](c4ccccn4)NC(=S)N3CCC(=O)Nc3ccccc3F)c2C)c1. The van der Waals surface area contributed by atoms with Crippen LogP contribution in [0.25, 0.3) is 5.69 Å². The number of nitrogens with zero attached hydrogens (tertiary/aromatic N) is 3. The molecule has 0 unspecified atom stereocenters. The van der Waals surface area contributed by atoms with Crippen molar-refractivity contribution in [1.29, 1.82) is 0 Å². The van der Waals surface area contributed by atoms with Gasteiger partial charge in [-0.3, -0.25) is 9.78 Å². The first-order valence-corrected chi connectivity index (χ1v) is 13.1. The lowest BCUT2D eigenvalue weighted by Gasteiger charge is -2.28. The molecule has 39 heavy (non-hydrogen) atoms. The number of carbonyl (C=O) groups excluding carboxylic acids is 1. The number of hydrogen-bond acceptors (Lipinski definition) is 4. The van der Waals surface area contributed by atoms with Crippen LogP contribution in [0.2, 0.25) is 0 Å². The molecule has 0 saturated carbocycles. The summed E-state index contributed by atoms with van der Waals surface area (Å²) in [5.41, 5.74) is 5.20. The number of benzene rings is 2. The van der Waals surface area contributed by atoms with Crippen LogP contribution in [0.4, 0.5) is 10.1 Å². The van der Waals surface area contributed by atoms with Crippen molar-refractivity contribution in [1.82, 2.24) is 19.8 Å². The average molecular weight is 544 g/mol. The number of amides is 1. The van der Waals surface area contributed by atoms with Gasteiger partial charge in [0.05, 0.1) is 30.6 Å². The normalized spacial score (nSPS) is 16.7. The number of ether oxygens (including phenoxy) is 1. The Bertz CT molecular complexity index is 1510. The molecule has 1 aliphatic rings. The molecule has 200 valence electrons. The maximum absolute atomic E-state index is 14.1. The van der Waals surface area contributed by atoms with Gasteiger partial charge in [0.25, 0.3) is 0 Å². The summed E-state index contributed by atoms with van der Waals surface area (Å²) < 4.78 is 21.7. The average Bonchev–Trinajstić information content (AvgIpc) is 3.43. The third-order valence-electron chi connectivity index (χ3n) is 7.03. The minimum absolute atomic E-state index is 0.135. The Kier molecular flexibility index (Phi) is 7.60. The molecule has 2 atom stereocenters. The summed E-state index contributed by atoms with van der Waals surface area (Å²) in [5, 5.41) is 6.65. The highest BCUT2D eigenvalue weighted by molar-refractivity contribution is 7.80. The number of pyridine rings is 1. The van der Waals surface area contributed by atoms with Crippen molar-refractivity contribution in [3.63, 3.8) is 0 Å². The fourth-order valence-electron chi connectivity index (χ4n) is 5.22. The number of carbonyl (C=O) groups is 1. The molecule has 0 bridgehead atoms. The van der Waals surface area contributed by atoms with E-state index < -0.39 is 5.82 Å². The number of aromatic nitrogens is 2. The highest BCUT2D eigenvalue weighted by Gasteiger charge is 2.41. The van der Waals surface area contributed by atoms with Crippen LogP contribution in [0.3, 0.4) is 0 Å². The van der Waals surface area contributed by atoms with Crippen molar-refractivity contribution in [3.05, 3.63) is 107 Å². The Morgan fingerprint density at radius 2 is 1.90 bits per heavy atom. The topological polar surface area (TPSA) is 71.4 Å². The minimum Gasteiger partial charge on any atom is -0.497 e. The zero-order chi connectivity index (χ0) is 27.5. The van der Waals surface area contributed by atoms with Crippen molar-refractivity contribution in [2.75, 3.05) is 19.0 Å². The number of para-hydroxylation sites is 1. The van der Waals surface area contributed by atoms with E-state index in [-0.39, 0.29) is 30.1 Å². The van der Waals surface area contributed by atoms with Crippen molar-refractivity contribution in [3.8, 4) is 11.4 Å². The second-order valence-corrected chi connectivity index (χ2v) is 9.85. The molecule has 9 heteroatoms. The van der Waals surface area contributed by atoms with E-state index in [2.05, 4.69) is 40.1 Å². The molecule has 0 radical (unpaired) electrons. The van der Waals surface area contributed by atoms with Gasteiger partial charge in [-0.25, -0.2) is 4.39 Å². The van der Waals surface area contributed by atoms with Crippen LogP contribution in [0, 0.1) is 19.7 Å². The molecule has 7 nitrogen and oxygen atoms in total. The Balaban J connectivity index is 1.48. The molecular weight excluding hydrogens is 513 g/mol. The quantitative estimate of drug-likeness (QED) is 0.281. The van der Waals surface area contributed by atoms with E-state index >= 15 is 0 Å². The van der Waals surface area contributed by atoms with Gasteiger partial charge in [0.2, 0.25) is 5.91 Å². The second kappa shape index (κ2) is 11.2. The van der Waals surface area contributed by atoms with Gasteiger partial charge in [-0.2, -0.15) is 0 Å². The predicted molar refractivity (Wildman–Crippen MR) is 154 cm³/mol. The smallest absolute Gasteiger partial charge is 0.226 e. The first kappa shape index (κ1) is 26.4. The second-order valence-electron chi connectivity index (χ2n) is 9.46. The summed E-state index contributed by atoms with van der Waals surface area (Å²) in [6, 6.07) is 21.6. The van der Waals surface area contributed by atoms with E-state index in [0.717, 1.165) is 34.1 Å². The van der Waals surface area contributed by atoms with E-state index in [4.69, 9.17) is 17.0 Å². The maximum atomic E-state index is 14.1. The number of anilines is 1. The van der Waals surface area contributed by atoms with E-state index in [0.29, 0.717) is 11.7 Å². The summed E-state index contributed by atoms with van der Waals surface area (Å²) in [5.74, 6) is 0.0196.